The monoisotopic (exact) mass is 227 g/mol. The normalized spacial score (nSPS) is 21.7. The van der Waals surface area contributed by atoms with Gasteiger partial charge in [0.05, 0.1) is 0 Å². The Morgan fingerprint density at radius 2 is 2.12 bits per heavy atom. The van der Waals surface area contributed by atoms with Crippen LogP contribution in [-0.2, 0) is 9.53 Å². The first-order chi connectivity index (χ1) is 7.38. The van der Waals surface area contributed by atoms with E-state index in [1.165, 1.54) is 0 Å². The lowest BCUT2D eigenvalue weighted by Gasteiger charge is -2.23. The van der Waals surface area contributed by atoms with E-state index in [1.54, 1.807) is 0 Å². The van der Waals surface area contributed by atoms with Crippen LogP contribution in [0.3, 0.4) is 0 Å². The minimum atomic E-state index is -0.485. The molecule has 1 amide bonds. The van der Waals surface area contributed by atoms with Crippen LogP contribution >= 0.6 is 0 Å². The molecule has 1 rings (SSSR count). The molecule has 1 atom stereocenters. The second-order valence-corrected chi connectivity index (χ2v) is 5.29. The summed E-state index contributed by atoms with van der Waals surface area (Å²) in [7, 11) is 0. The van der Waals surface area contributed by atoms with Gasteiger partial charge in [-0.1, -0.05) is 6.42 Å². The second kappa shape index (κ2) is 5.32. The van der Waals surface area contributed by atoms with Crippen LogP contribution in [0.25, 0.3) is 0 Å². The third kappa shape index (κ3) is 4.64. The minimum Gasteiger partial charge on any atom is -0.444 e. The molecule has 0 aromatic carbocycles. The lowest BCUT2D eigenvalue weighted by atomic mass is 9.88. The highest BCUT2D eigenvalue weighted by atomic mass is 16.6. The first-order valence-corrected chi connectivity index (χ1v) is 5.88. The number of rotatable bonds is 2. The second-order valence-electron chi connectivity index (χ2n) is 5.29. The molecular weight excluding hydrogens is 206 g/mol. The van der Waals surface area contributed by atoms with Crippen molar-refractivity contribution in [2.75, 3.05) is 6.54 Å². The summed E-state index contributed by atoms with van der Waals surface area (Å²) in [5, 5.41) is 2.66. The van der Waals surface area contributed by atoms with Crippen molar-refractivity contribution in [2.45, 2.75) is 52.1 Å². The van der Waals surface area contributed by atoms with E-state index < -0.39 is 11.7 Å². The van der Waals surface area contributed by atoms with Crippen molar-refractivity contribution >= 4 is 11.9 Å². The fourth-order valence-electron chi connectivity index (χ4n) is 1.79. The first-order valence-electron chi connectivity index (χ1n) is 5.88. The third-order valence-corrected chi connectivity index (χ3v) is 2.57. The van der Waals surface area contributed by atoms with E-state index >= 15 is 0 Å². The van der Waals surface area contributed by atoms with Gasteiger partial charge >= 0.3 is 6.09 Å². The van der Waals surface area contributed by atoms with Gasteiger partial charge in [-0.2, -0.15) is 0 Å². The van der Waals surface area contributed by atoms with Crippen LogP contribution in [0.4, 0.5) is 4.79 Å². The number of hydrogen-bond acceptors (Lipinski definition) is 3. The average Bonchev–Trinajstić information content (AvgIpc) is 2.14. The van der Waals surface area contributed by atoms with E-state index in [9.17, 15) is 9.59 Å². The molecule has 0 aliphatic heterocycles. The zero-order valence-electron chi connectivity index (χ0n) is 10.3. The number of ether oxygens (including phenoxy) is 1. The highest BCUT2D eigenvalue weighted by molar-refractivity contribution is 5.82. The Hall–Kier alpha value is -1.06. The molecule has 0 aromatic rings. The Morgan fingerprint density at radius 3 is 2.69 bits per heavy atom. The van der Waals surface area contributed by atoms with Gasteiger partial charge < -0.3 is 10.1 Å². The smallest absolute Gasteiger partial charge is 0.407 e. The molecule has 1 N–H and O–H groups in total. The summed E-state index contributed by atoms with van der Waals surface area (Å²) in [5.74, 6) is 0.253. The molecule has 4 heteroatoms. The largest absolute Gasteiger partial charge is 0.444 e. The standard InChI is InChI=1S/C12H21NO3/c1-12(2,3)16-11(15)13-8-9-6-4-5-7-10(9)14/h9H,4-8H2,1-3H3,(H,13,15)/t9-/m1/s1. The number of carbonyl (C=O) groups is 2. The summed E-state index contributed by atoms with van der Waals surface area (Å²) < 4.78 is 5.10. The first kappa shape index (κ1) is 13.0. The molecule has 1 fully saturated rings. The van der Waals surface area contributed by atoms with Crippen molar-refractivity contribution in [2.24, 2.45) is 5.92 Å². The molecule has 0 spiro atoms. The molecule has 1 saturated carbocycles. The highest BCUT2D eigenvalue weighted by Crippen LogP contribution is 2.19. The van der Waals surface area contributed by atoms with Crippen LogP contribution in [0.5, 0.6) is 0 Å². The Kier molecular flexibility index (Phi) is 4.33. The summed E-state index contributed by atoms with van der Waals surface area (Å²) in [4.78, 5) is 22.9. The van der Waals surface area contributed by atoms with E-state index in [1.807, 2.05) is 20.8 Å². The van der Waals surface area contributed by atoms with Gasteiger partial charge in [-0.25, -0.2) is 4.79 Å². The van der Waals surface area contributed by atoms with Crippen molar-refractivity contribution in [1.82, 2.24) is 5.32 Å². The summed E-state index contributed by atoms with van der Waals surface area (Å²) >= 11 is 0. The predicted octanol–water partition coefficient (Wildman–Crippen LogP) is 2.27. The van der Waals surface area contributed by atoms with Crippen molar-refractivity contribution in [3.8, 4) is 0 Å². The fourth-order valence-corrected chi connectivity index (χ4v) is 1.79. The number of ketones is 1. The quantitative estimate of drug-likeness (QED) is 0.787. The maximum atomic E-state index is 11.5. The summed E-state index contributed by atoms with van der Waals surface area (Å²) in [5.41, 5.74) is -0.485. The number of amides is 1. The average molecular weight is 227 g/mol. The molecule has 0 aromatic heterocycles. The molecule has 92 valence electrons. The zero-order chi connectivity index (χ0) is 12.2. The SMILES string of the molecule is CC(C)(C)OC(=O)NC[C@H]1CCCCC1=O. The molecule has 16 heavy (non-hydrogen) atoms. The molecule has 1 aliphatic carbocycles. The van der Waals surface area contributed by atoms with Gasteiger partial charge in [0.2, 0.25) is 0 Å². The van der Waals surface area contributed by atoms with Crippen LogP contribution in [0.1, 0.15) is 46.5 Å². The molecular formula is C12H21NO3. The number of hydrogen-bond donors (Lipinski definition) is 1. The van der Waals surface area contributed by atoms with Crippen molar-refractivity contribution in [1.29, 1.82) is 0 Å². The number of alkyl carbamates (subject to hydrolysis) is 1. The fraction of sp³-hybridized carbons (Fsp3) is 0.833. The van der Waals surface area contributed by atoms with E-state index in [4.69, 9.17) is 4.74 Å². The Balaban J connectivity index is 2.28. The van der Waals surface area contributed by atoms with Gasteiger partial charge in [0, 0.05) is 18.9 Å². The van der Waals surface area contributed by atoms with Crippen molar-refractivity contribution in [3.05, 3.63) is 0 Å². The van der Waals surface area contributed by atoms with Gasteiger partial charge in [0.1, 0.15) is 11.4 Å². The van der Waals surface area contributed by atoms with E-state index in [0.29, 0.717) is 13.0 Å². The summed E-state index contributed by atoms with van der Waals surface area (Å²) in [6.45, 7) is 5.86. The van der Waals surface area contributed by atoms with Crippen molar-refractivity contribution in [3.63, 3.8) is 0 Å². The topological polar surface area (TPSA) is 55.4 Å². The Morgan fingerprint density at radius 1 is 1.44 bits per heavy atom. The lowest BCUT2D eigenvalue weighted by Crippen LogP contribution is -2.37. The van der Waals surface area contributed by atoms with Crippen LogP contribution < -0.4 is 5.32 Å². The number of carbonyl (C=O) groups excluding carboxylic acids is 2. The summed E-state index contributed by atoms with van der Waals surface area (Å²) in [6, 6.07) is 0. The van der Waals surface area contributed by atoms with E-state index in [-0.39, 0.29) is 11.7 Å². The predicted molar refractivity (Wildman–Crippen MR) is 61.2 cm³/mol. The third-order valence-electron chi connectivity index (χ3n) is 2.57. The molecule has 0 bridgehead atoms. The van der Waals surface area contributed by atoms with Crippen LogP contribution in [0, 0.1) is 5.92 Å². The molecule has 0 heterocycles. The molecule has 1 aliphatic rings. The minimum absolute atomic E-state index is 0.0127. The highest BCUT2D eigenvalue weighted by Gasteiger charge is 2.23. The van der Waals surface area contributed by atoms with Gasteiger partial charge in [0.25, 0.3) is 0 Å². The van der Waals surface area contributed by atoms with E-state index in [2.05, 4.69) is 5.32 Å². The van der Waals surface area contributed by atoms with Crippen LogP contribution in [0.2, 0.25) is 0 Å². The molecule has 0 saturated heterocycles. The zero-order valence-corrected chi connectivity index (χ0v) is 10.3. The maximum absolute atomic E-state index is 11.5. The van der Waals surface area contributed by atoms with Crippen molar-refractivity contribution < 1.29 is 14.3 Å². The van der Waals surface area contributed by atoms with Crippen LogP contribution in [-0.4, -0.2) is 24.0 Å². The van der Waals surface area contributed by atoms with Gasteiger partial charge in [-0.3, -0.25) is 4.79 Å². The van der Waals surface area contributed by atoms with E-state index in [0.717, 1.165) is 19.3 Å². The van der Waals surface area contributed by atoms with Gasteiger partial charge in [0.15, 0.2) is 0 Å². The number of nitrogens with one attached hydrogen (secondary N) is 1. The Labute approximate surface area is 96.7 Å². The molecule has 0 radical (unpaired) electrons. The van der Waals surface area contributed by atoms with Crippen LogP contribution in [0.15, 0.2) is 0 Å². The summed E-state index contributed by atoms with van der Waals surface area (Å²) in [6.07, 6.45) is 3.16. The lowest BCUT2D eigenvalue weighted by molar-refractivity contribution is -0.124. The van der Waals surface area contributed by atoms with Gasteiger partial charge in [-0.05, 0) is 33.6 Å². The molecule has 0 unspecified atom stereocenters. The van der Waals surface area contributed by atoms with Gasteiger partial charge in [-0.15, -0.1) is 0 Å². The maximum Gasteiger partial charge on any atom is 0.407 e. The number of Topliss-reactive ketones (excluding diaryl/α,β-unsaturated/α-hetero) is 1. The molecule has 4 nitrogen and oxygen atoms in total. The Bertz CT molecular complexity index is 268.